The van der Waals surface area contributed by atoms with E-state index in [9.17, 15) is 0 Å². The van der Waals surface area contributed by atoms with Gasteiger partial charge in [-0.1, -0.05) is 12.5 Å². The van der Waals surface area contributed by atoms with E-state index in [1.54, 1.807) is 18.4 Å². The number of thiazole rings is 1. The molecule has 15 heavy (non-hydrogen) atoms. The van der Waals surface area contributed by atoms with Crippen LogP contribution in [0.25, 0.3) is 6.08 Å². The second kappa shape index (κ2) is 7.56. The second-order valence-electron chi connectivity index (χ2n) is 3.23. The molecule has 0 bridgehead atoms. The first-order valence-corrected chi connectivity index (χ1v) is 6.02. The minimum absolute atomic E-state index is 0.761. The maximum atomic E-state index is 4.97. The van der Waals surface area contributed by atoms with Gasteiger partial charge in [0.25, 0.3) is 0 Å². The first-order chi connectivity index (χ1) is 7.36. The predicted molar refractivity (Wildman–Crippen MR) is 65.1 cm³/mol. The lowest BCUT2D eigenvalue weighted by molar-refractivity contribution is 0.200. The standard InChI is InChI=1S/C11H18N2OS/c1-3-10(7-12-4-5-14-2)6-11-8-13-9-15-11/h6,8-9,12H,3-5,7H2,1-2H3. The molecule has 1 rings (SSSR count). The minimum Gasteiger partial charge on any atom is -0.383 e. The Kier molecular flexibility index (Phi) is 6.23. The van der Waals surface area contributed by atoms with Gasteiger partial charge in [-0.25, -0.2) is 0 Å². The Morgan fingerprint density at radius 3 is 3.13 bits per heavy atom. The molecule has 0 unspecified atom stereocenters. The summed E-state index contributed by atoms with van der Waals surface area (Å²) in [6.07, 6.45) is 5.17. The van der Waals surface area contributed by atoms with Gasteiger partial charge in [0.05, 0.1) is 12.1 Å². The van der Waals surface area contributed by atoms with Crippen molar-refractivity contribution in [1.82, 2.24) is 10.3 Å². The molecule has 3 nitrogen and oxygen atoms in total. The molecule has 0 aliphatic heterocycles. The molecule has 1 aromatic heterocycles. The smallest absolute Gasteiger partial charge is 0.0797 e. The third-order valence-corrected chi connectivity index (χ3v) is 2.81. The van der Waals surface area contributed by atoms with Gasteiger partial charge in [0.2, 0.25) is 0 Å². The summed E-state index contributed by atoms with van der Waals surface area (Å²) in [5, 5.41) is 3.34. The van der Waals surface area contributed by atoms with Crippen molar-refractivity contribution in [2.24, 2.45) is 0 Å². The molecule has 0 aliphatic carbocycles. The van der Waals surface area contributed by atoms with Gasteiger partial charge in [0.15, 0.2) is 0 Å². The summed E-state index contributed by atoms with van der Waals surface area (Å²) < 4.78 is 4.97. The molecule has 0 amide bonds. The fraction of sp³-hybridized carbons (Fsp3) is 0.545. The zero-order valence-electron chi connectivity index (χ0n) is 9.32. The zero-order valence-corrected chi connectivity index (χ0v) is 10.1. The number of methoxy groups -OCH3 is 1. The van der Waals surface area contributed by atoms with E-state index in [-0.39, 0.29) is 0 Å². The van der Waals surface area contributed by atoms with Crippen molar-refractivity contribution in [3.8, 4) is 0 Å². The summed E-state index contributed by atoms with van der Waals surface area (Å²) in [6.45, 7) is 4.76. The van der Waals surface area contributed by atoms with Crippen molar-refractivity contribution in [1.29, 1.82) is 0 Å². The molecule has 4 heteroatoms. The summed E-state index contributed by atoms with van der Waals surface area (Å²) >= 11 is 1.67. The highest BCUT2D eigenvalue weighted by Crippen LogP contribution is 2.12. The van der Waals surface area contributed by atoms with E-state index in [1.807, 2.05) is 11.7 Å². The molecule has 0 saturated heterocycles. The van der Waals surface area contributed by atoms with Gasteiger partial charge in [-0.15, -0.1) is 11.3 Å². The van der Waals surface area contributed by atoms with Gasteiger partial charge in [0.1, 0.15) is 0 Å². The fourth-order valence-electron chi connectivity index (χ4n) is 1.20. The van der Waals surface area contributed by atoms with Crippen molar-refractivity contribution in [3.05, 3.63) is 22.2 Å². The number of hydrogen-bond acceptors (Lipinski definition) is 4. The number of ether oxygens (including phenoxy) is 1. The van der Waals surface area contributed by atoms with Crippen LogP contribution in [0, 0.1) is 0 Å². The van der Waals surface area contributed by atoms with Crippen LogP contribution in [-0.2, 0) is 4.74 Å². The van der Waals surface area contributed by atoms with Crippen molar-refractivity contribution in [3.63, 3.8) is 0 Å². The summed E-state index contributed by atoms with van der Waals surface area (Å²) in [4.78, 5) is 5.28. The van der Waals surface area contributed by atoms with Gasteiger partial charge >= 0.3 is 0 Å². The lowest BCUT2D eigenvalue weighted by Crippen LogP contribution is -2.21. The Morgan fingerprint density at radius 1 is 1.67 bits per heavy atom. The largest absolute Gasteiger partial charge is 0.383 e. The molecule has 1 N–H and O–H groups in total. The van der Waals surface area contributed by atoms with Crippen LogP contribution in [0.1, 0.15) is 18.2 Å². The van der Waals surface area contributed by atoms with E-state index in [1.165, 1.54) is 10.5 Å². The molecule has 0 aliphatic rings. The number of aromatic nitrogens is 1. The lowest BCUT2D eigenvalue weighted by atomic mass is 10.2. The molecular formula is C11H18N2OS. The van der Waals surface area contributed by atoms with Crippen LogP contribution in [0.5, 0.6) is 0 Å². The Morgan fingerprint density at radius 2 is 2.53 bits per heavy atom. The third kappa shape index (κ3) is 5.06. The van der Waals surface area contributed by atoms with Crippen LogP contribution in [0.15, 0.2) is 17.3 Å². The highest BCUT2D eigenvalue weighted by atomic mass is 32.1. The fourth-order valence-corrected chi connectivity index (χ4v) is 1.80. The molecule has 1 heterocycles. The quantitative estimate of drug-likeness (QED) is 0.724. The molecule has 0 atom stereocenters. The molecular weight excluding hydrogens is 208 g/mol. The van der Waals surface area contributed by atoms with E-state index in [4.69, 9.17) is 4.74 Å². The molecule has 84 valence electrons. The van der Waals surface area contributed by atoms with Crippen LogP contribution >= 0.6 is 11.3 Å². The molecule has 0 saturated carbocycles. The van der Waals surface area contributed by atoms with E-state index < -0.39 is 0 Å². The lowest BCUT2D eigenvalue weighted by Gasteiger charge is -2.06. The number of hydrogen-bond donors (Lipinski definition) is 1. The molecule has 0 radical (unpaired) electrons. The van der Waals surface area contributed by atoms with Gasteiger partial charge in [-0.2, -0.15) is 0 Å². The predicted octanol–water partition coefficient (Wildman–Crippen LogP) is 2.17. The van der Waals surface area contributed by atoms with E-state index in [2.05, 4.69) is 23.3 Å². The summed E-state index contributed by atoms with van der Waals surface area (Å²) in [6, 6.07) is 0. The Bertz CT molecular complexity index is 283. The van der Waals surface area contributed by atoms with Crippen LogP contribution in [0.4, 0.5) is 0 Å². The second-order valence-corrected chi connectivity index (χ2v) is 4.15. The van der Waals surface area contributed by atoms with Gasteiger partial charge in [-0.3, -0.25) is 4.98 Å². The van der Waals surface area contributed by atoms with Crippen molar-refractivity contribution in [2.75, 3.05) is 26.8 Å². The average Bonchev–Trinajstić information content (AvgIpc) is 2.75. The highest BCUT2D eigenvalue weighted by molar-refractivity contribution is 7.10. The van der Waals surface area contributed by atoms with Crippen molar-refractivity contribution in [2.45, 2.75) is 13.3 Å². The van der Waals surface area contributed by atoms with E-state index in [0.717, 1.165) is 26.1 Å². The van der Waals surface area contributed by atoms with E-state index >= 15 is 0 Å². The van der Waals surface area contributed by atoms with Crippen molar-refractivity contribution < 1.29 is 4.74 Å². The molecule has 0 spiro atoms. The topological polar surface area (TPSA) is 34.2 Å². The van der Waals surface area contributed by atoms with E-state index in [0.29, 0.717) is 0 Å². The maximum Gasteiger partial charge on any atom is 0.0797 e. The summed E-state index contributed by atoms with van der Waals surface area (Å²) in [7, 11) is 1.72. The van der Waals surface area contributed by atoms with Crippen LogP contribution in [-0.4, -0.2) is 31.8 Å². The van der Waals surface area contributed by atoms with Crippen molar-refractivity contribution >= 4 is 17.4 Å². The Balaban J connectivity index is 2.35. The molecule has 0 aromatic carbocycles. The zero-order chi connectivity index (χ0) is 10.9. The molecule has 1 aromatic rings. The Hall–Kier alpha value is -0.710. The van der Waals surface area contributed by atoms with Gasteiger partial charge in [0, 0.05) is 31.3 Å². The summed E-state index contributed by atoms with van der Waals surface area (Å²) in [5.74, 6) is 0. The van der Waals surface area contributed by atoms with Gasteiger partial charge < -0.3 is 10.1 Å². The van der Waals surface area contributed by atoms with Crippen LogP contribution in [0.2, 0.25) is 0 Å². The SMILES string of the molecule is CCC(=Cc1cncs1)CNCCOC. The first kappa shape index (κ1) is 12.4. The first-order valence-electron chi connectivity index (χ1n) is 5.14. The minimum atomic E-state index is 0.761. The van der Waals surface area contributed by atoms with Gasteiger partial charge in [-0.05, 0) is 12.5 Å². The third-order valence-electron chi connectivity index (χ3n) is 2.09. The normalized spacial score (nSPS) is 12.0. The van der Waals surface area contributed by atoms with Crippen LogP contribution in [0.3, 0.4) is 0 Å². The number of nitrogens with one attached hydrogen (secondary N) is 1. The Labute approximate surface area is 95.2 Å². The number of rotatable bonds is 7. The molecule has 0 fully saturated rings. The maximum absolute atomic E-state index is 4.97. The summed E-state index contributed by atoms with van der Waals surface area (Å²) in [5.41, 5.74) is 3.26. The number of nitrogens with zero attached hydrogens (tertiary/aromatic N) is 1. The highest BCUT2D eigenvalue weighted by Gasteiger charge is 1.96. The van der Waals surface area contributed by atoms with Crippen LogP contribution < -0.4 is 5.32 Å². The monoisotopic (exact) mass is 226 g/mol. The average molecular weight is 226 g/mol.